The van der Waals surface area contributed by atoms with Crippen LogP contribution in [0, 0.1) is 0 Å². The van der Waals surface area contributed by atoms with E-state index in [2.05, 4.69) is 42.3 Å². The second-order valence-corrected chi connectivity index (χ2v) is 8.57. The van der Waals surface area contributed by atoms with E-state index in [9.17, 15) is 14.4 Å². The molecule has 3 heterocycles. The van der Waals surface area contributed by atoms with Crippen LogP contribution in [0.3, 0.4) is 0 Å². The third kappa shape index (κ3) is 2.74. The Morgan fingerprint density at radius 1 is 1.17 bits per heavy atom. The van der Waals surface area contributed by atoms with Crippen LogP contribution in [-0.2, 0) is 26.2 Å². The first-order chi connectivity index (χ1) is 14.2. The van der Waals surface area contributed by atoms with Crippen LogP contribution in [0.2, 0.25) is 0 Å². The van der Waals surface area contributed by atoms with E-state index in [1.165, 1.54) is 30.9 Å². The van der Waals surface area contributed by atoms with Gasteiger partial charge in [0.1, 0.15) is 5.57 Å². The number of nitrogens with zero attached hydrogens (tertiary/aromatic N) is 2. The maximum atomic E-state index is 12.8. The maximum Gasteiger partial charge on any atom is 0.266 e. The van der Waals surface area contributed by atoms with Crippen molar-refractivity contribution in [2.75, 3.05) is 25.5 Å². The number of benzene rings is 1. The zero-order valence-corrected chi connectivity index (χ0v) is 18.1. The predicted molar refractivity (Wildman–Crippen MR) is 116 cm³/mol. The summed E-state index contributed by atoms with van der Waals surface area (Å²) in [5, 5.41) is 2.50. The number of anilines is 1. The average Bonchev–Trinajstić information content (AvgIpc) is 2.95. The molecule has 0 atom stereocenters. The molecule has 1 aromatic carbocycles. The fourth-order valence-electron chi connectivity index (χ4n) is 4.82. The molecule has 0 aromatic heterocycles. The quantitative estimate of drug-likeness (QED) is 0.467. The number of aryl methyl sites for hydroxylation is 1. The van der Waals surface area contributed by atoms with Crippen molar-refractivity contribution < 1.29 is 14.4 Å². The minimum absolute atomic E-state index is 0.0125. The number of hydrogen-bond acceptors (Lipinski definition) is 4. The van der Waals surface area contributed by atoms with E-state index in [0.717, 1.165) is 30.0 Å². The molecule has 0 bridgehead atoms. The molecule has 0 unspecified atom stereocenters. The SMILES string of the molecule is CNC(=O)C1=C(C)/C(=C/C=C2/N3CCCc4cccc(c43)C2(C)C)C(=O)N(C)C1=O. The Kier molecular flexibility index (Phi) is 4.68. The van der Waals surface area contributed by atoms with Gasteiger partial charge in [0, 0.05) is 43.0 Å². The monoisotopic (exact) mass is 405 g/mol. The number of rotatable bonds is 2. The molecule has 0 spiro atoms. The Balaban J connectivity index is 1.85. The summed E-state index contributed by atoms with van der Waals surface area (Å²) in [4.78, 5) is 40.9. The normalized spacial score (nSPS) is 22.8. The molecule has 156 valence electrons. The number of hydrogen-bond donors (Lipinski definition) is 1. The van der Waals surface area contributed by atoms with Gasteiger partial charge in [-0.1, -0.05) is 32.0 Å². The standard InChI is InChI=1S/C24H27N3O3/c1-14-16(22(29)26(5)23(30)19(14)21(28)25-4)11-12-18-24(2,3)17-10-6-8-15-9-7-13-27(18)20(15)17/h6,8,10-12H,7,9,13H2,1-5H3,(H,25,28)/b16-11-,18-12+. The van der Waals surface area contributed by atoms with Gasteiger partial charge in [0.2, 0.25) is 0 Å². The lowest BCUT2D eigenvalue weighted by molar-refractivity contribution is -0.139. The Bertz CT molecular complexity index is 1080. The van der Waals surface area contributed by atoms with Gasteiger partial charge in [-0.15, -0.1) is 0 Å². The second-order valence-electron chi connectivity index (χ2n) is 8.57. The molecule has 6 nitrogen and oxygen atoms in total. The van der Waals surface area contributed by atoms with E-state index in [1.807, 2.05) is 6.08 Å². The fourth-order valence-corrected chi connectivity index (χ4v) is 4.82. The summed E-state index contributed by atoms with van der Waals surface area (Å²) < 4.78 is 0. The third-order valence-corrected chi connectivity index (χ3v) is 6.52. The molecule has 3 amide bonds. The predicted octanol–water partition coefficient (Wildman–Crippen LogP) is 2.60. The molecule has 0 saturated carbocycles. The van der Waals surface area contributed by atoms with Crippen molar-refractivity contribution in [2.45, 2.75) is 39.0 Å². The highest BCUT2D eigenvalue weighted by Gasteiger charge is 2.42. The first-order valence-electron chi connectivity index (χ1n) is 10.3. The van der Waals surface area contributed by atoms with E-state index in [4.69, 9.17) is 0 Å². The van der Waals surface area contributed by atoms with Crippen LogP contribution in [-0.4, -0.2) is 43.3 Å². The van der Waals surface area contributed by atoms with Gasteiger partial charge in [0.05, 0.1) is 0 Å². The van der Waals surface area contributed by atoms with Crippen LogP contribution < -0.4 is 10.2 Å². The van der Waals surface area contributed by atoms with E-state index >= 15 is 0 Å². The highest BCUT2D eigenvalue weighted by molar-refractivity contribution is 6.28. The van der Waals surface area contributed by atoms with Gasteiger partial charge >= 0.3 is 0 Å². The van der Waals surface area contributed by atoms with Crippen molar-refractivity contribution >= 4 is 23.4 Å². The number of nitrogens with one attached hydrogen (secondary N) is 1. The highest BCUT2D eigenvalue weighted by Crippen LogP contribution is 2.51. The molecule has 6 heteroatoms. The zero-order valence-electron chi connectivity index (χ0n) is 18.1. The molecule has 0 aliphatic carbocycles. The van der Waals surface area contributed by atoms with E-state index in [-0.39, 0.29) is 11.0 Å². The summed E-state index contributed by atoms with van der Waals surface area (Å²) in [5.74, 6) is -1.45. The number of allylic oxidation sites excluding steroid dienone is 3. The summed E-state index contributed by atoms with van der Waals surface area (Å²) in [6.45, 7) is 6.99. The topological polar surface area (TPSA) is 69.7 Å². The lowest BCUT2D eigenvalue weighted by Gasteiger charge is -2.30. The summed E-state index contributed by atoms with van der Waals surface area (Å²) in [6, 6.07) is 6.49. The minimum atomic E-state index is -0.573. The minimum Gasteiger partial charge on any atom is -0.355 e. The Morgan fingerprint density at radius 2 is 1.90 bits per heavy atom. The van der Waals surface area contributed by atoms with E-state index in [0.29, 0.717) is 11.1 Å². The van der Waals surface area contributed by atoms with Gasteiger partial charge in [-0.2, -0.15) is 0 Å². The molecular weight excluding hydrogens is 378 g/mol. The average molecular weight is 405 g/mol. The lowest BCUT2D eigenvalue weighted by atomic mass is 9.83. The molecule has 3 aliphatic heterocycles. The summed E-state index contributed by atoms with van der Waals surface area (Å²) in [5.41, 5.74) is 5.66. The smallest absolute Gasteiger partial charge is 0.266 e. The number of carbonyl (C=O) groups excluding carboxylic acids is 3. The van der Waals surface area contributed by atoms with Gasteiger partial charge in [0.25, 0.3) is 17.7 Å². The van der Waals surface area contributed by atoms with Crippen molar-refractivity contribution in [3.8, 4) is 0 Å². The van der Waals surface area contributed by atoms with E-state index < -0.39 is 17.7 Å². The van der Waals surface area contributed by atoms with Gasteiger partial charge in [-0.05, 0) is 48.6 Å². The van der Waals surface area contributed by atoms with Crippen molar-refractivity contribution in [3.63, 3.8) is 0 Å². The second kappa shape index (κ2) is 6.97. The van der Waals surface area contributed by atoms with Crippen molar-refractivity contribution in [1.82, 2.24) is 10.2 Å². The maximum absolute atomic E-state index is 12.8. The zero-order chi connectivity index (χ0) is 21.8. The molecule has 4 rings (SSSR count). The molecule has 0 saturated heterocycles. The first kappa shape index (κ1) is 20.1. The van der Waals surface area contributed by atoms with Crippen LogP contribution in [0.1, 0.15) is 38.3 Å². The molecule has 30 heavy (non-hydrogen) atoms. The Labute approximate surface area is 176 Å². The van der Waals surface area contributed by atoms with Crippen molar-refractivity contribution in [2.24, 2.45) is 0 Å². The lowest BCUT2D eigenvalue weighted by Crippen LogP contribution is -2.43. The van der Waals surface area contributed by atoms with E-state index in [1.54, 1.807) is 13.0 Å². The van der Waals surface area contributed by atoms with Gasteiger partial charge in [-0.25, -0.2) is 0 Å². The van der Waals surface area contributed by atoms with Gasteiger partial charge < -0.3 is 10.2 Å². The first-order valence-corrected chi connectivity index (χ1v) is 10.3. The summed E-state index contributed by atoms with van der Waals surface area (Å²) >= 11 is 0. The van der Waals surface area contributed by atoms with Crippen molar-refractivity contribution in [1.29, 1.82) is 0 Å². The number of amides is 3. The number of para-hydroxylation sites is 1. The molecule has 3 aliphatic rings. The Morgan fingerprint density at radius 3 is 2.60 bits per heavy atom. The molecule has 1 aromatic rings. The van der Waals surface area contributed by atoms with Crippen LogP contribution >= 0.6 is 0 Å². The third-order valence-electron chi connectivity index (χ3n) is 6.52. The largest absolute Gasteiger partial charge is 0.355 e. The van der Waals surface area contributed by atoms with Crippen LogP contribution in [0.5, 0.6) is 0 Å². The fraction of sp³-hybridized carbons (Fsp3) is 0.375. The number of imide groups is 1. The molecule has 1 N–H and O–H groups in total. The van der Waals surface area contributed by atoms with Crippen molar-refractivity contribution in [3.05, 3.63) is 63.9 Å². The number of likely N-dealkylation sites (N-methyl/N-ethyl adjacent to an activating group) is 2. The molecule has 0 fully saturated rings. The molecular formula is C24H27N3O3. The van der Waals surface area contributed by atoms with Gasteiger partial charge in [-0.3, -0.25) is 19.3 Å². The summed E-state index contributed by atoms with van der Waals surface area (Å²) in [7, 11) is 2.89. The van der Waals surface area contributed by atoms with Crippen LogP contribution in [0.4, 0.5) is 5.69 Å². The van der Waals surface area contributed by atoms with Crippen LogP contribution in [0.25, 0.3) is 0 Å². The Hall–Kier alpha value is -3.15. The van der Waals surface area contributed by atoms with Crippen LogP contribution in [0.15, 0.2) is 52.8 Å². The molecule has 0 radical (unpaired) electrons. The summed E-state index contributed by atoms with van der Waals surface area (Å²) in [6.07, 6.45) is 5.90. The van der Waals surface area contributed by atoms with Gasteiger partial charge in [0.15, 0.2) is 0 Å². The number of carbonyl (C=O) groups is 3. The highest BCUT2D eigenvalue weighted by atomic mass is 16.2.